The summed E-state index contributed by atoms with van der Waals surface area (Å²) in [4.78, 5) is 16.4. The molecule has 0 spiro atoms. The van der Waals surface area contributed by atoms with Crippen molar-refractivity contribution in [3.05, 3.63) is 71.6 Å². The van der Waals surface area contributed by atoms with Crippen LogP contribution >= 0.6 is 11.3 Å². The normalized spacial score (nSPS) is 10.4. The molecule has 0 aliphatic rings. The van der Waals surface area contributed by atoms with Gasteiger partial charge in [-0.1, -0.05) is 60.7 Å². The molecule has 0 fully saturated rings. The summed E-state index contributed by atoms with van der Waals surface area (Å²) in [6, 6.07) is 19.9. The van der Waals surface area contributed by atoms with Gasteiger partial charge in [-0.05, 0) is 5.56 Å². The van der Waals surface area contributed by atoms with E-state index in [1.165, 1.54) is 11.3 Å². The van der Waals surface area contributed by atoms with Gasteiger partial charge in [-0.2, -0.15) is 0 Å². The molecule has 4 nitrogen and oxygen atoms in total. The summed E-state index contributed by atoms with van der Waals surface area (Å²) in [6.07, 6.45) is 0. The molecule has 0 saturated heterocycles. The molecule has 0 radical (unpaired) electrons. The van der Waals surface area contributed by atoms with Crippen molar-refractivity contribution in [2.24, 2.45) is 0 Å². The average Bonchev–Trinajstić information content (AvgIpc) is 3.05. The Bertz CT molecular complexity index is 756. The van der Waals surface area contributed by atoms with Crippen molar-refractivity contribution in [2.75, 3.05) is 11.9 Å². The van der Waals surface area contributed by atoms with Crippen LogP contribution in [0.3, 0.4) is 0 Å². The zero-order valence-electron chi connectivity index (χ0n) is 12.5. The fourth-order valence-corrected chi connectivity index (χ4v) is 2.89. The molecule has 2 N–H and O–H groups in total. The molecule has 3 rings (SSSR count). The van der Waals surface area contributed by atoms with E-state index in [1.54, 1.807) is 0 Å². The number of benzene rings is 2. The predicted octanol–water partition coefficient (Wildman–Crippen LogP) is 3.54. The third kappa shape index (κ3) is 4.48. The van der Waals surface area contributed by atoms with Gasteiger partial charge in [0.05, 0.1) is 12.2 Å². The van der Waals surface area contributed by atoms with Gasteiger partial charge < -0.3 is 10.6 Å². The first-order chi connectivity index (χ1) is 11.3. The number of aromatic nitrogens is 1. The zero-order valence-corrected chi connectivity index (χ0v) is 13.3. The summed E-state index contributed by atoms with van der Waals surface area (Å²) in [5.74, 6) is -0.0881. The van der Waals surface area contributed by atoms with E-state index in [1.807, 2.05) is 66.0 Å². The second kappa shape index (κ2) is 7.67. The van der Waals surface area contributed by atoms with E-state index < -0.39 is 0 Å². The second-order valence-corrected chi connectivity index (χ2v) is 5.90. The lowest BCUT2D eigenvalue weighted by Crippen LogP contribution is -2.27. The van der Waals surface area contributed by atoms with Gasteiger partial charge in [0.25, 0.3) is 0 Å². The van der Waals surface area contributed by atoms with Crippen LogP contribution in [0, 0.1) is 0 Å². The van der Waals surface area contributed by atoms with Crippen LogP contribution in [0.1, 0.15) is 5.56 Å². The number of nitrogens with one attached hydrogen (secondary N) is 2. The quantitative estimate of drug-likeness (QED) is 0.729. The number of hydrogen-bond donors (Lipinski definition) is 2. The molecule has 0 aliphatic carbocycles. The van der Waals surface area contributed by atoms with Crippen LogP contribution in [0.15, 0.2) is 66.0 Å². The molecule has 1 aromatic heterocycles. The molecule has 1 amide bonds. The first kappa shape index (κ1) is 15.4. The Kier molecular flexibility index (Phi) is 5.13. The van der Waals surface area contributed by atoms with Gasteiger partial charge in [0, 0.05) is 17.5 Å². The SMILES string of the molecule is O=C(CNCc1ccccc1)Nc1nc(-c2ccccc2)cs1. The van der Waals surface area contributed by atoms with E-state index in [4.69, 9.17) is 0 Å². The van der Waals surface area contributed by atoms with E-state index >= 15 is 0 Å². The minimum Gasteiger partial charge on any atom is -0.304 e. The van der Waals surface area contributed by atoms with E-state index in [0.717, 1.165) is 16.8 Å². The fourth-order valence-electron chi connectivity index (χ4n) is 2.15. The van der Waals surface area contributed by atoms with Crippen molar-refractivity contribution in [2.45, 2.75) is 6.54 Å². The summed E-state index contributed by atoms with van der Waals surface area (Å²) in [7, 11) is 0. The zero-order chi connectivity index (χ0) is 15.9. The van der Waals surface area contributed by atoms with Crippen LogP contribution in [0.25, 0.3) is 11.3 Å². The molecule has 3 aromatic rings. The highest BCUT2D eigenvalue weighted by Crippen LogP contribution is 2.24. The number of thiazole rings is 1. The van der Waals surface area contributed by atoms with Crippen molar-refractivity contribution in [3.8, 4) is 11.3 Å². The number of carbonyl (C=O) groups excluding carboxylic acids is 1. The minimum absolute atomic E-state index is 0.0881. The maximum Gasteiger partial charge on any atom is 0.240 e. The fraction of sp³-hybridized carbons (Fsp3) is 0.111. The number of anilines is 1. The standard InChI is InChI=1S/C18H17N3OS/c22-17(12-19-11-14-7-3-1-4-8-14)21-18-20-16(13-23-18)15-9-5-2-6-10-15/h1-10,13,19H,11-12H2,(H,20,21,22). The Morgan fingerprint density at radius 3 is 2.43 bits per heavy atom. The van der Waals surface area contributed by atoms with Gasteiger partial charge in [0.15, 0.2) is 5.13 Å². The van der Waals surface area contributed by atoms with Crippen LogP contribution < -0.4 is 10.6 Å². The minimum atomic E-state index is -0.0881. The monoisotopic (exact) mass is 323 g/mol. The Morgan fingerprint density at radius 1 is 1.00 bits per heavy atom. The average molecular weight is 323 g/mol. The maximum atomic E-state index is 11.9. The molecule has 0 unspecified atom stereocenters. The van der Waals surface area contributed by atoms with Crippen molar-refractivity contribution in [3.63, 3.8) is 0 Å². The highest BCUT2D eigenvalue weighted by Gasteiger charge is 2.07. The van der Waals surface area contributed by atoms with E-state index in [9.17, 15) is 4.79 Å². The summed E-state index contributed by atoms with van der Waals surface area (Å²) < 4.78 is 0. The highest BCUT2D eigenvalue weighted by molar-refractivity contribution is 7.14. The molecule has 0 atom stereocenters. The Labute approximate surface area is 139 Å². The maximum absolute atomic E-state index is 11.9. The van der Waals surface area contributed by atoms with Crippen LogP contribution in [0.5, 0.6) is 0 Å². The Hall–Kier alpha value is -2.50. The third-order valence-corrected chi connectivity index (χ3v) is 4.04. The number of nitrogens with zero attached hydrogens (tertiary/aromatic N) is 1. The molecule has 1 heterocycles. The lowest BCUT2D eigenvalue weighted by molar-refractivity contribution is -0.115. The first-order valence-corrected chi connectivity index (χ1v) is 8.25. The lowest BCUT2D eigenvalue weighted by Gasteiger charge is -2.04. The first-order valence-electron chi connectivity index (χ1n) is 7.37. The van der Waals surface area contributed by atoms with E-state index in [2.05, 4.69) is 15.6 Å². The van der Waals surface area contributed by atoms with Gasteiger partial charge in [0.2, 0.25) is 5.91 Å². The van der Waals surface area contributed by atoms with Gasteiger partial charge in [-0.15, -0.1) is 11.3 Å². The van der Waals surface area contributed by atoms with Crippen molar-refractivity contribution in [1.82, 2.24) is 10.3 Å². The van der Waals surface area contributed by atoms with Gasteiger partial charge in [0.1, 0.15) is 0 Å². The summed E-state index contributed by atoms with van der Waals surface area (Å²) in [6.45, 7) is 0.927. The molecule has 0 bridgehead atoms. The number of hydrogen-bond acceptors (Lipinski definition) is 4. The predicted molar refractivity (Wildman–Crippen MR) is 94.3 cm³/mol. The molecule has 2 aromatic carbocycles. The largest absolute Gasteiger partial charge is 0.304 e. The van der Waals surface area contributed by atoms with Gasteiger partial charge in [-0.25, -0.2) is 4.98 Å². The van der Waals surface area contributed by atoms with Crippen molar-refractivity contribution >= 4 is 22.4 Å². The Morgan fingerprint density at radius 2 is 1.70 bits per heavy atom. The third-order valence-electron chi connectivity index (χ3n) is 3.28. The summed E-state index contributed by atoms with van der Waals surface area (Å²) >= 11 is 1.43. The number of carbonyl (C=O) groups is 1. The topological polar surface area (TPSA) is 54.0 Å². The van der Waals surface area contributed by atoms with Crippen molar-refractivity contribution in [1.29, 1.82) is 0 Å². The molecule has 116 valence electrons. The lowest BCUT2D eigenvalue weighted by atomic mass is 10.2. The smallest absolute Gasteiger partial charge is 0.240 e. The molecule has 0 aliphatic heterocycles. The van der Waals surface area contributed by atoms with E-state index in [-0.39, 0.29) is 12.5 Å². The molecular formula is C18H17N3OS. The summed E-state index contributed by atoms with van der Waals surface area (Å²) in [5, 5.41) is 8.52. The molecule has 5 heteroatoms. The van der Waals surface area contributed by atoms with Crippen LogP contribution in [-0.4, -0.2) is 17.4 Å². The summed E-state index contributed by atoms with van der Waals surface area (Å²) in [5.41, 5.74) is 3.08. The molecule has 23 heavy (non-hydrogen) atoms. The second-order valence-electron chi connectivity index (χ2n) is 5.04. The highest BCUT2D eigenvalue weighted by atomic mass is 32.1. The molecular weight excluding hydrogens is 306 g/mol. The van der Waals surface area contributed by atoms with Crippen molar-refractivity contribution < 1.29 is 4.79 Å². The van der Waals surface area contributed by atoms with Gasteiger partial charge in [-0.3, -0.25) is 4.79 Å². The van der Waals surface area contributed by atoms with Crippen LogP contribution in [0.4, 0.5) is 5.13 Å². The number of amides is 1. The van der Waals surface area contributed by atoms with E-state index in [0.29, 0.717) is 11.7 Å². The Balaban J connectivity index is 1.49. The molecule has 0 saturated carbocycles. The van der Waals surface area contributed by atoms with Crippen LogP contribution in [0.2, 0.25) is 0 Å². The number of rotatable bonds is 6. The van der Waals surface area contributed by atoms with Crippen LogP contribution in [-0.2, 0) is 11.3 Å². The van der Waals surface area contributed by atoms with Gasteiger partial charge >= 0.3 is 0 Å².